The molecule has 0 bridgehead atoms. The Labute approximate surface area is 133 Å². The topological polar surface area (TPSA) is 39.1 Å². The zero-order valence-electron chi connectivity index (χ0n) is 12.6. The standard InChI is InChI=1S/C16H20BrN3O/c1-10(2)20-16(13(17)9-19-20)15(18-3)12-4-5-14-11(8-12)6-7-21-14/h4-5,8-10,15,18H,6-7H2,1-3H3. The zero-order chi connectivity index (χ0) is 15.0. The number of hydrogen-bond donors (Lipinski definition) is 1. The van der Waals surface area contributed by atoms with Crippen molar-refractivity contribution < 1.29 is 4.74 Å². The monoisotopic (exact) mass is 349 g/mol. The normalized spacial score (nSPS) is 15.1. The van der Waals surface area contributed by atoms with Crippen molar-refractivity contribution in [2.24, 2.45) is 0 Å². The minimum Gasteiger partial charge on any atom is -0.493 e. The molecular weight excluding hydrogens is 330 g/mol. The smallest absolute Gasteiger partial charge is 0.122 e. The Morgan fingerprint density at radius 2 is 2.19 bits per heavy atom. The second-order valence-corrected chi connectivity index (χ2v) is 6.46. The SMILES string of the molecule is CNC(c1ccc2c(c1)CCO2)c1c(Br)cnn1C(C)C. The molecule has 0 amide bonds. The van der Waals surface area contributed by atoms with Crippen molar-refractivity contribution >= 4 is 15.9 Å². The number of rotatable bonds is 4. The van der Waals surface area contributed by atoms with Gasteiger partial charge in [-0.2, -0.15) is 5.10 Å². The molecule has 1 N–H and O–H groups in total. The lowest BCUT2D eigenvalue weighted by Crippen LogP contribution is -2.23. The summed E-state index contributed by atoms with van der Waals surface area (Å²) in [7, 11) is 1.98. The lowest BCUT2D eigenvalue weighted by Gasteiger charge is -2.21. The van der Waals surface area contributed by atoms with Gasteiger partial charge in [-0.15, -0.1) is 0 Å². The molecule has 112 valence electrons. The Morgan fingerprint density at radius 1 is 1.38 bits per heavy atom. The van der Waals surface area contributed by atoms with E-state index in [1.54, 1.807) is 0 Å². The first-order valence-corrected chi connectivity index (χ1v) is 8.07. The Balaban J connectivity index is 2.05. The molecule has 0 saturated heterocycles. The Bertz CT molecular complexity index is 651. The van der Waals surface area contributed by atoms with Crippen molar-refractivity contribution in [3.8, 4) is 5.75 Å². The van der Waals surface area contributed by atoms with Crippen molar-refractivity contribution in [2.45, 2.75) is 32.4 Å². The van der Waals surface area contributed by atoms with Crippen LogP contribution in [0.5, 0.6) is 5.75 Å². The summed E-state index contributed by atoms with van der Waals surface area (Å²) < 4.78 is 8.69. The van der Waals surface area contributed by atoms with Crippen molar-refractivity contribution in [1.82, 2.24) is 15.1 Å². The highest BCUT2D eigenvalue weighted by atomic mass is 79.9. The fourth-order valence-electron chi connectivity index (χ4n) is 2.88. The molecule has 2 aromatic rings. The summed E-state index contributed by atoms with van der Waals surface area (Å²) in [5, 5.41) is 7.90. The number of benzene rings is 1. The van der Waals surface area contributed by atoms with Crippen LogP contribution < -0.4 is 10.1 Å². The van der Waals surface area contributed by atoms with E-state index in [4.69, 9.17) is 4.74 Å². The van der Waals surface area contributed by atoms with Crippen LogP contribution in [0.3, 0.4) is 0 Å². The van der Waals surface area contributed by atoms with Crippen molar-refractivity contribution in [1.29, 1.82) is 0 Å². The molecule has 0 aliphatic carbocycles. The highest BCUT2D eigenvalue weighted by Gasteiger charge is 2.23. The maximum Gasteiger partial charge on any atom is 0.122 e. The van der Waals surface area contributed by atoms with Crippen molar-refractivity contribution in [3.05, 3.63) is 45.7 Å². The lowest BCUT2D eigenvalue weighted by atomic mass is 10.00. The van der Waals surface area contributed by atoms with E-state index < -0.39 is 0 Å². The molecule has 4 nitrogen and oxygen atoms in total. The number of halogens is 1. The molecule has 1 aromatic heterocycles. The Kier molecular flexibility index (Phi) is 4.04. The van der Waals surface area contributed by atoms with Crippen LogP contribution in [0.25, 0.3) is 0 Å². The number of hydrogen-bond acceptors (Lipinski definition) is 3. The molecule has 0 radical (unpaired) electrons. The van der Waals surface area contributed by atoms with Gasteiger partial charge in [-0.25, -0.2) is 0 Å². The van der Waals surface area contributed by atoms with E-state index in [2.05, 4.69) is 63.1 Å². The van der Waals surface area contributed by atoms with E-state index in [0.717, 1.165) is 28.9 Å². The van der Waals surface area contributed by atoms with E-state index in [1.807, 2.05) is 13.2 Å². The van der Waals surface area contributed by atoms with Gasteiger partial charge in [0, 0.05) is 12.5 Å². The highest BCUT2D eigenvalue weighted by Crippen LogP contribution is 2.34. The first-order valence-electron chi connectivity index (χ1n) is 7.27. The maximum atomic E-state index is 5.60. The maximum absolute atomic E-state index is 5.60. The predicted molar refractivity (Wildman–Crippen MR) is 86.9 cm³/mol. The van der Waals surface area contributed by atoms with Gasteiger partial charge in [-0.3, -0.25) is 4.68 Å². The van der Waals surface area contributed by atoms with E-state index in [1.165, 1.54) is 11.1 Å². The van der Waals surface area contributed by atoms with Crippen LogP contribution in [0.1, 0.15) is 42.8 Å². The van der Waals surface area contributed by atoms with Crippen LogP contribution in [-0.4, -0.2) is 23.4 Å². The van der Waals surface area contributed by atoms with Crippen molar-refractivity contribution in [2.75, 3.05) is 13.7 Å². The summed E-state index contributed by atoms with van der Waals surface area (Å²) in [6.07, 6.45) is 2.86. The van der Waals surface area contributed by atoms with Gasteiger partial charge in [-0.05, 0) is 54.0 Å². The molecule has 21 heavy (non-hydrogen) atoms. The van der Waals surface area contributed by atoms with Gasteiger partial charge in [0.05, 0.1) is 29.0 Å². The first kappa shape index (κ1) is 14.6. The molecule has 0 saturated carbocycles. The number of nitrogens with zero attached hydrogens (tertiary/aromatic N) is 2. The minimum atomic E-state index is 0.107. The Morgan fingerprint density at radius 3 is 2.90 bits per heavy atom. The third-order valence-electron chi connectivity index (χ3n) is 3.89. The molecule has 1 atom stereocenters. The molecule has 2 heterocycles. The average Bonchev–Trinajstić information content (AvgIpc) is 3.07. The van der Waals surface area contributed by atoms with Gasteiger partial charge in [0.25, 0.3) is 0 Å². The van der Waals surface area contributed by atoms with E-state index in [0.29, 0.717) is 6.04 Å². The zero-order valence-corrected chi connectivity index (χ0v) is 14.1. The number of ether oxygens (including phenoxy) is 1. The van der Waals surface area contributed by atoms with Crippen LogP contribution in [0.2, 0.25) is 0 Å². The largest absolute Gasteiger partial charge is 0.493 e. The molecule has 0 spiro atoms. The highest BCUT2D eigenvalue weighted by molar-refractivity contribution is 9.10. The molecule has 5 heteroatoms. The quantitative estimate of drug-likeness (QED) is 0.918. The first-order chi connectivity index (χ1) is 10.1. The van der Waals surface area contributed by atoms with Gasteiger partial charge in [0.2, 0.25) is 0 Å². The number of fused-ring (bicyclic) bond motifs is 1. The van der Waals surface area contributed by atoms with E-state index in [9.17, 15) is 0 Å². The number of aromatic nitrogens is 2. The summed E-state index contributed by atoms with van der Waals surface area (Å²) >= 11 is 3.64. The molecule has 1 aliphatic rings. The third-order valence-corrected chi connectivity index (χ3v) is 4.50. The van der Waals surface area contributed by atoms with Crippen LogP contribution in [0, 0.1) is 0 Å². The predicted octanol–water partition coefficient (Wildman–Crippen LogP) is 3.47. The van der Waals surface area contributed by atoms with Gasteiger partial charge in [0.15, 0.2) is 0 Å². The summed E-state index contributed by atoms with van der Waals surface area (Å²) in [6, 6.07) is 6.88. The average molecular weight is 350 g/mol. The van der Waals surface area contributed by atoms with Crippen LogP contribution in [-0.2, 0) is 6.42 Å². The fourth-order valence-corrected chi connectivity index (χ4v) is 3.38. The molecule has 1 aliphatic heterocycles. The summed E-state index contributed by atoms with van der Waals surface area (Å²) in [5.74, 6) is 1.02. The van der Waals surface area contributed by atoms with Gasteiger partial charge >= 0.3 is 0 Å². The van der Waals surface area contributed by atoms with Crippen molar-refractivity contribution in [3.63, 3.8) is 0 Å². The van der Waals surface area contributed by atoms with Crippen LogP contribution >= 0.6 is 15.9 Å². The fraction of sp³-hybridized carbons (Fsp3) is 0.438. The summed E-state index contributed by atoms with van der Waals surface area (Å²) in [4.78, 5) is 0. The van der Waals surface area contributed by atoms with Crippen LogP contribution in [0.15, 0.2) is 28.9 Å². The summed E-state index contributed by atoms with van der Waals surface area (Å²) in [6.45, 7) is 5.08. The molecule has 0 fully saturated rings. The lowest BCUT2D eigenvalue weighted by molar-refractivity contribution is 0.356. The van der Waals surface area contributed by atoms with Gasteiger partial charge < -0.3 is 10.1 Å². The molecule has 1 aromatic carbocycles. The van der Waals surface area contributed by atoms with E-state index >= 15 is 0 Å². The third kappa shape index (κ3) is 2.60. The molecule has 3 rings (SSSR count). The molecule has 1 unspecified atom stereocenters. The van der Waals surface area contributed by atoms with Crippen LogP contribution in [0.4, 0.5) is 0 Å². The van der Waals surface area contributed by atoms with Gasteiger partial charge in [0.1, 0.15) is 5.75 Å². The second-order valence-electron chi connectivity index (χ2n) is 5.60. The Hall–Kier alpha value is -1.33. The summed E-state index contributed by atoms with van der Waals surface area (Å²) in [5.41, 5.74) is 3.69. The number of nitrogens with one attached hydrogen (secondary N) is 1. The second kappa shape index (κ2) is 5.81. The van der Waals surface area contributed by atoms with E-state index in [-0.39, 0.29) is 6.04 Å². The van der Waals surface area contributed by atoms with Gasteiger partial charge in [-0.1, -0.05) is 12.1 Å². The molecular formula is C16H20BrN3O. The minimum absolute atomic E-state index is 0.107.